The standard InChI is InChI=1S/C11H15F3N4O/c12-11(13,14)8-1-4-16-9(17-8)18-10(7-15)2-5-19-6-3-10/h1,4H,2-3,5-7,15H2,(H,16,17,18). The van der Waals surface area contributed by atoms with E-state index in [9.17, 15) is 13.2 Å². The smallest absolute Gasteiger partial charge is 0.381 e. The van der Waals surface area contributed by atoms with E-state index in [0.29, 0.717) is 26.1 Å². The fourth-order valence-electron chi connectivity index (χ4n) is 1.96. The van der Waals surface area contributed by atoms with Gasteiger partial charge in [0.1, 0.15) is 5.69 Å². The molecule has 19 heavy (non-hydrogen) atoms. The lowest BCUT2D eigenvalue weighted by Crippen LogP contribution is -2.50. The summed E-state index contributed by atoms with van der Waals surface area (Å²) in [5.41, 5.74) is 4.25. The largest absolute Gasteiger partial charge is 0.433 e. The summed E-state index contributed by atoms with van der Waals surface area (Å²) in [6, 6.07) is 0.838. The van der Waals surface area contributed by atoms with Gasteiger partial charge in [-0.05, 0) is 18.9 Å². The van der Waals surface area contributed by atoms with Gasteiger partial charge in [-0.2, -0.15) is 13.2 Å². The Morgan fingerprint density at radius 1 is 1.37 bits per heavy atom. The Balaban J connectivity index is 2.18. The van der Waals surface area contributed by atoms with Gasteiger partial charge in [0.25, 0.3) is 0 Å². The molecule has 0 atom stereocenters. The van der Waals surface area contributed by atoms with Gasteiger partial charge in [0.05, 0.1) is 5.54 Å². The van der Waals surface area contributed by atoms with E-state index in [1.54, 1.807) is 0 Å². The highest BCUT2D eigenvalue weighted by Gasteiger charge is 2.35. The lowest BCUT2D eigenvalue weighted by Gasteiger charge is -2.36. The minimum absolute atomic E-state index is 0.0535. The molecule has 0 bridgehead atoms. The van der Waals surface area contributed by atoms with Crippen LogP contribution in [0.1, 0.15) is 18.5 Å². The van der Waals surface area contributed by atoms with Crippen molar-refractivity contribution >= 4 is 5.95 Å². The van der Waals surface area contributed by atoms with Gasteiger partial charge in [-0.3, -0.25) is 0 Å². The predicted molar refractivity (Wildman–Crippen MR) is 62.5 cm³/mol. The second-order valence-electron chi connectivity index (χ2n) is 4.49. The Morgan fingerprint density at radius 2 is 2.05 bits per heavy atom. The van der Waals surface area contributed by atoms with Crippen molar-refractivity contribution in [3.05, 3.63) is 18.0 Å². The Labute approximate surface area is 108 Å². The van der Waals surface area contributed by atoms with Crippen LogP contribution in [0.2, 0.25) is 0 Å². The van der Waals surface area contributed by atoms with Gasteiger partial charge in [-0.15, -0.1) is 0 Å². The molecular formula is C11H15F3N4O. The zero-order chi connectivity index (χ0) is 13.9. The molecule has 1 fully saturated rings. The summed E-state index contributed by atoms with van der Waals surface area (Å²) >= 11 is 0. The van der Waals surface area contributed by atoms with E-state index in [0.717, 1.165) is 12.3 Å². The van der Waals surface area contributed by atoms with E-state index in [2.05, 4.69) is 15.3 Å². The highest BCUT2D eigenvalue weighted by molar-refractivity contribution is 5.31. The first-order chi connectivity index (χ1) is 8.95. The minimum atomic E-state index is -4.48. The topological polar surface area (TPSA) is 73.1 Å². The number of hydrogen-bond donors (Lipinski definition) is 2. The monoisotopic (exact) mass is 276 g/mol. The lowest BCUT2D eigenvalue weighted by molar-refractivity contribution is -0.141. The van der Waals surface area contributed by atoms with Crippen molar-refractivity contribution in [1.29, 1.82) is 0 Å². The zero-order valence-corrected chi connectivity index (χ0v) is 10.2. The van der Waals surface area contributed by atoms with Crippen molar-refractivity contribution in [2.24, 2.45) is 5.73 Å². The van der Waals surface area contributed by atoms with E-state index < -0.39 is 17.4 Å². The van der Waals surface area contributed by atoms with Crippen molar-refractivity contribution in [2.45, 2.75) is 24.6 Å². The van der Waals surface area contributed by atoms with Gasteiger partial charge in [0.2, 0.25) is 5.95 Å². The van der Waals surface area contributed by atoms with Crippen LogP contribution in [0.15, 0.2) is 12.3 Å². The molecule has 3 N–H and O–H groups in total. The maximum Gasteiger partial charge on any atom is 0.433 e. The van der Waals surface area contributed by atoms with Crippen molar-refractivity contribution in [3.63, 3.8) is 0 Å². The van der Waals surface area contributed by atoms with E-state index in [-0.39, 0.29) is 12.5 Å². The molecule has 1 aromatic rings. The normalized spacial score (nSPS) is 19.2. The Hall–Kier alpha value is -1.41. The summed E-state index contributed by atoms with van der Waals surface area (Å²) < 4.78 is 42.9. The van der Waals surface area contributed by atoms with E-state index in [1.165, 1.54) is 0 Å². The van der Waals surface area contributed by atoms with Crippen molar-refractivity contribution in [2.75, 3.05) is 25.1 Å². The highest BCUT2D eigenvalue weighted by Crippen LogP contribution is 2.29. The summed E-state index contributed by atoms with van der Waals surface area (Å²) in [5, 5.41) is 2.93. The molecule has 5 nitrogen and oxygen atoms in total. The average Bonchev–Trinajstić information content (AvgIpc) is 2.39. The second kappa shape index (κ2) is 5.30. The first-order valence-corrected chi connectivity index (χ1v) is 5.91. The van der Waals surface area contributed by atoms with Crippen LogP contribution in [0, 0.1) is 0 Å². The SMILES string of the molecule is NCC1(Nc2nccc(C(F)(F)F)n2)CCOCC1. The van der Waals surface area contributed by atoms with Crippen LogP contribution in [-0.2, 0) is 10.9 Å². The van der Waals surface area contributed by atoms with Gasteiger partial charge in [-0.1, -0.05) is 0 Å². The summed E-state index contributed by atoms with van der Waals surface area (Å²) in [5.74, 6) is -0.0535. The fourth-order valence-corrected chi connectivity index (χ4v) is 1.96. The molecule has 0 spiro atoms. The molecule has 0 unspecified atom stereocenters. The quantitative estimate of drug-likeness (QED) is 0.873. The molecule has 1 aromatic heterocycles. The number of nitrogens with two attached hydrogens (primary N) is 1. The molecule has 106 valence electrons. The van der Waals surface area contributed by atoms with Gasteiger partial charge < -0.3 is 15.8 Å². The van der Waals surface area contributed by atoms with Gasteiger partial charge in [0.15, 0.2) is 0 Å². The zero-order valence-electron chi connectivity index (χ0n) is 10.2. The lowest BCUT2D eigenvalue weighted by atomic mass is 9.90. The molecule has 2 rings (SSSR count). The van der Waals surface area contributed by atoms with Crippen LogP contribution >= 0.6 is 0 Å². The number of nitrogens with zero attached hydrogens (tertiary/aromatic N) is 2. The third-order valence-electron chi connectivity index (χ3n) is 3.16. The van der Waals surface area contributed by atoms with Crippen molar-refractivity contribution < 1.29 is 17.9 Å². The van der Waals surface area contributed by atoms with Crippen LogP contribution in [0.5, 0.6) is 0 Å². The van der Waals surface area contributed by atoms with Gasteiger partial charge in [-0.25, -0.2) is 9.97 Å². The minimum Gasteiger partial charge on any atom is -0.381 e. The molecule has 1 aliphatic heterocycles. The Bertz CT molecular complexity index is 432. The molecule has 1 aliphatic rings. The maximum atomic E-state index is 12.6. The first kappa shape index (κ1) is 14.0. The molecule has 0 aliphatic carbocycles. The fraction of sp³-hybridized carbons (Fsp3) is 0.636. The molecular weight excluding hydrogens is 261 g/mol. The van der Waals surface area contributed by atoms with Crippen LogP contribution in [-0.4, -0.2) is 35.3 Å². The second-order valence-corrected chi connectivity index (χ2v) is 4.49. The van der Waals surface area contributed by atoms with E-state index >= 15 is 0 Å². The van der Waals surface area contributed by atoms with Gasteiger partial charge in [0, 0.05) is 26.0 Å². The predicted octanol–water partition coefficient (Wildman–Crippen LogP) is 1.42. The van der Waals surface area contributed by atoms with E-state index in [1.807, 2.05) is 0 Å². The van der Waals surface area contributed by atoms with Crippen LogP contribution in [0.25, 0.3) is 0 Å². The maximum absolute atomic E-state index is 12.6. The first-order valence-electron chi connectivity index (χ1n) is 5.91. The van der Waals surface area contributed by atoms with Crippen LogP contribution < -0.4 is 11.1 Å². The third-order valence-corrected chi connectivity index (χ3v) is 3.16. The summed E-state index contributed by atoms with van der Waals surface area (Å²) in [4.78, 5) is 7.31. The number of aromatic nitrogens is 2. The van der Waals surface area contributed by atoms with Gasteiger partial charge >= 0.3 is 6.18 Å². The number of rotatable bonds is 3. The molecule has 0 amide bonds. The average molecular weight is 276 g/mol. The number of halogens is 3. The summed E-state index contributed by atoms with van der Waals surface area (Å²) in [6.45, 7) is 1.32. The number of alkyl halides is 3. The Morgan fingerprint density at radius 3 is 2.63 bits per heavy atom. The summed E-state index contributed by atoms with van der Waals surface area (Å²) in [6.07, 6.45) is -2.17. The Kier molecular flexibility index (Phi) is 3.91. The molecule has 0 aromatic carbocycles. The number of ether oxygens (including phenoxy) is 1. The van der Waals surface area contributed by atoms with Crippen molar-refractivity contribution in [3.8, 4) is 0 Å². The number of anilines is 1. The molecule has 0 radical (unpaired) electrons. The molecule has 2 heterocycles. The highest BCUT2D eigenvalue weighted by atomic mass is 19.4. The van der Waals surface area contributed by atoms with Crippen molar-refractivity contribution in [1.82, 2.24) is 9.97 Å². The summed E-state index contributed by atoms with van der Waals surface area (Å²) in [7, 11) is 0. The van der Waals surface area contributed by atoms with Crippen LogP contribution in [0.3, 0.4) is 0 Å². The molecule has 0 saturated carbocycles. The number of hydrogen-bond acceptors (Lipinski definition) is 5. The molecule has 1 saturated heterocycles. The molecule has 8 heteroatoms. The number of nitrogens with one attached hydrogen (secondary N) is 1. The third kappa shape index (κ3) is 3.32. The van der Waals surface area contributed by atoms with Crippen LogP contribution in [0.4, 0.5) is 19.1 Å². The van der Waals surface area contributed by atoms with E-state index in [4.69, 9.17) is 10.5 Å².